The molecule has 1 amide bonds. The minimum Gasteiger partial charge on any atom is -0.466 e. The lowest BCUT2D eigenvalue weighted by Crippen LogP contribution is -2.44. The zero-order valence-corrected chi connectivity index (χ0v) is 14.7. The number of amides is 1. The summed E-state index contributed by atoms with van der Waals surface area (Å²) in [6, 6.07) is 7.78. The molecule has 7 nitrogen and oxygen atoms in total. The van der Waals surface area contributed by atoms with Crippen molar-refractivity contribution < 1.29 is 14.3 Å². The molecule has 1 aromatic heterocycles. The SMILES string of the molecule is CCOC(=O)C1CCN(C(=O)CN(C)c2nc3ccccc3[nH]2)CC1. The van der Waals surface area contributed by atoms with E-state index in [1.807, 2.05) is 48.0 Å². The smallest absolute Gasteiger partial charge is 0.309 e. The quantitative estimate of drug-likeness (QED) is 0.837. The number of likely N-dealkylation sites (N-methyl/N-ethyl adjacent to an activating group) is 1. The number of hydrogen-bond acceptors (Lipinski definition) is 5. The first kappa shape index (κ1) is 17.3. The molecule has 25 heavy (non-hydrogen) atoms. The first-order valence-corrected chi connectivity index (χ1v) is 8.68. The number of aromatic nitrogens is 2. The fourth-order valence-electron chi connectivity index (χ4n) is 3.12. The van der Waals surface area contributed by atoms with Crippen molar-refractivity contribution in [1.82, 2.24) is 14.9 Å². The van der Waals surface area contributed by atoms with E-state index in [-0.39, 0.29) is 24.3 Å². The second kappa shape index (κ2) is 7.55. The van der Waals surface area contributed by atoms with Crippen LogP contribution in [0.15, 0.2) is 24.3 Å². The van der Waals surface area contributed by atoms with Crippen LogP contribution >= 0.6 is 0 Å². The van der Waals surface area contributed by atoms with Crippen molar-refractivity contribution in [1.29, 1.82) is 0 Å². The number of fused-ring (bicyclic) bond motifs is 1. The van der Waals surface area contributed by atoms with Gasteiger partial charge in [-0.15, -0.1) is 0 Å². The van der Waals surface area contributed by atoms with Crippen molar-refractivity contribution in [2.75, 3.05) is 38.2 Å². The number of aromatic amines is 1. The van der Waals surface area contributed by atoms with Gasteiger partial charge in [0.05, 0.1) is 30.1 Å². The van der Waals surface area contributed by atoms with Gasteiger partial charge in [0.15, 0.2) is 0 Å². The van der Waals surface area contributed by atoms with Gasteiger partial charge in [-0.1, -0.05) is 12.1 Å². The van der Waals surface area contributed by atoms with E-state index in [4.69, 9.17) is 4.74 Å². The third-order valence-electron chi connectivity index (χ3n) is 4.58. The second-order valence-corrected chi connectivity index (χ2v) is 6.34. The average molecular weight is 344 g/mol. The Balaban J connectivity index is 1.54. The molecule has 0 bridgehead atoms. The van der Waals surface area contributed by atoms with Gasteiger partial charge in [-0.3, -0.25) is 9.59 Å². The normalized spacial score (nSPS) is 15.4. The summed E-state index contributed by atoms with van der Waals surface area (Å²) >= 11 is 0. The molecule has 2 heterocycles. The molecule has 0 spiro atoms. The summed E-state index contributed by atoms with van der Waals surface area (Å²) in [5.41, 5.74) is 1.83. The lowest BCUT2D eigenvalue weighted by atomic mass is 9.97. The molecule has 1 N–H and O–H groups in total. The minimum atomic E-state index is -0.144. The lowest BCUT2D eigenvalue weighted by molar-refractivity contribution is -0.151. The number of benzene rings is 1. The average Bonchev–Trinajstić information content (AvgIpc) is 3.06. The molecule has 0 unspecified atom stereocenters. The molecule has 3 rings (SSSR count). The Kier molecular flexibility index (Phi) is 5.21. The summed E-state index contributed by atoms with van der Waals surface area (Å²) in [6.07, 6.45) is 1.33. The molecule has 0 radical (unpaired) electrons. The van der Waals surface area contributed by atoms with Crippen LogP contribution in [0.4, 0.5) is 5.95 Å². The third-order valence-corrected chi connectivity index (χ3v) is 4.58. The van der Waals surface area contributed by atoms with Crippen LogP contribution in [0.2, 0.25) is 0 Å². The molecule has 134 valence electrons. The van der Waals surface area contributed by atoms with Gasteiger partial charge in [-0.25, -0.2) is 4.98 Å². The first-order valence-electron chi connectivity index (χ1n) is 8.68. The number of hydrogen-bond donors (Lipinski definition) is 1. The largest absolute Gasteiger partial charge is 0.466 e. The van der Waals surface area contributed by atoms with Gasteiger partial charge in [0.25, 0.3) is 0 Å². The number of nitrogens with zero attached hydrogens (tertiary/aromatic N) is 3. The Morgan fingerprint density at radius 3 is 2.72 bits per heavy atom. The molecule has 7 heteroatoms. The monoisotopic (exact) mass is 344 g/mol. The van der Waals surface area contributed by atoms with Crippen LogP contribution in [0, 0.1) is 5.92 Å². The van der Waals surface area contributed by atoms with Crippen LogP contribution in [0.25, 0.3) is 11.0 Å². The Labute approximate surface area is 147 Å². The van der Waals surface area contributed by atoms with Gasteiger partial charge >= 0.3 is 5.97 Å². The molecule has 1 aliphatic rings. The molecule has 1 aliphatic heterocycles. The Morgan fingerprint density at radius 2 is 2.04 bits per heavy atom. The van der Waals surface area contributed by atoms with E-state index in [1.54, 1.807) is 0 Å². The van der Waals surface area contributed by atoms with Gasteiger partial charge in [0.2, 0.25) is 11.9 Å². The number of carbonyl (C=O) groups excluding carboxylic acids is 2. The van der Waals surface area contributed by atoms with Crippen molar-refractivity contribution in [3.05, 3.63) is 24.3 Å². The molecule has 1 saturated heterocycles. The minimum absolute atomic E-state index is 0.0465. The molecule has 2 aromatic rings. The maximum Gasteiger partial charge on any atom is 0.309 e. The van der Waals surface area contributed by atoms with E-state index in [2.05, 4.69) is 9.97 Å². The molecule has 1 aromatic carbocycles. The highest BCUT2D eigenvalue weighted by atomic mass is 16.5. The maximum absolute atomic E-state index is 12.5. The molecule has 0 atom stereocenters. The maximum atomic E-state index is 12.5. The summed E-state index contributed by atoms with van der Waals surface area (Å²) in [5.74, 6) is 0.493. The van der Waals surface area contributed by atoms with Gasteiger partial charge in [0.1, 0.15) is 0 Å². The fourth-order valence-corrected chi connectivity index (χ4v) is 3.12. The molecular weight excluding hydrogens is 320 g/mol. The van der Waals surface area contributed by atoms with Crippen LogP contribution in [-0.4, -0.2) is 60.0 Å². The zero-order valence-electron chi connectivity index (χ0n) is 14.7. The molecule has 0 aliphatic carbocycles. The number of nitrogens with one attached hydrogen (secondary N) is 1. The summed E-state index contributed by atoms with van der Waals surface area (Å²) in [4.78, 5) is 35.7. The fraction of sp³-hybridized carbons (Fsp3) is 0.500. The van der Waals surface area contributed by atoms with Crippen molar-refractivity contribution in [3.63, 3.8) is 0 Å². The number of ether oxygens (including phenoxy) is 1. The second-order valence-electron chi connectivity index (χ2n) is 6.34. The number of anilines is 1. The zero-order chi connectivity index (χ0) is 17.8. The number of para-hydroxylation sites is 2. The molecule has 1 fully saturated rings. The van der Waals surface area contributed by atoms with Crippen LogP contribution in [0.5, 0.6) is 0 Å². The topological polar surface area (TPSA) is 78.5 Å². The van der Waals surface area contributed by atoms with Crippen LogP contribution in [-0.2, 0) is 14.3 Å². The van der Waals surface area contributed by atoms with Crippen molar-refractivity contribution in [2.24, 2.45) is 5.92 Å². The number of rotatable bonds is 5. The van der Waals surface area contributed by atoms with E-state index in [1.165, 1.54) is 0 Å². The van der Waals surface area contributed by atoms with Gasteiger partial charge < -0.3 is 19.5 Å². The van der Waals surface area contributed by atoms with Crippen molar-refractivity contribution in [3.8, 4) is 0 Å². The predicted octanol–water partition coefficient (Wildman–Crippen LogP) is 1.80. The highest BCUT2D eigenvalue weighted by molar-refractivity contribution is 5.83. The Bertz CT molecular complexity index is 717. The number of likely N-dealkylation sites (tertiary alicyclic amines) is 1. The lowest BCUT2D eigenvalue weighted by Gasteiger charge is -2.32. The number of H-pyrrole nitrogens is 1. The highest BCUT2D eigenvalue weighted by Gasteiger charge is 2.28. The summed E-state index contributed by atoms with van der Waals surface area (Å²) in [7, 11) is 1.85. The summed E-state index contributed by atoms with van der Waals surface area (Å²) in [5, 5.41) is 0. The van der Waals surface area contributed by atoms with E-state index in [9.17, 15) is 9.59 Å². The van der Waals surface area contributed by atoms with E-state index in [0.29, 0.717) is 38.5 Å². The highest BCUT2D eigenvalue weighted by Crippen LogP contribution is 2.20. The number of imidazole rings is 1. The van der Waals surface area contributed by atoms with Gasteiger partial charge in [-0.05, 0) is 31.9 Å². The first-order chi connectivity index (χ1) is 12.1. The number of carbonyl (C=O) groups is 2. The van der Waals surface area contributed by atoms with E-state index >= 15 is 0 Å². The third kappa shape index (κ3) is 3.92. The van der Waals surface area contributed by atoms with Crippen LogP contribution in [0.3, 0.4) is 0 Å². The van der Waals surface area contributed by atoms with Gasteiger partial charge in [0, 0.05) is 20.1 Å². The van der Waals surface area contributed by atoms with Gasteiger partial charge in [-0.2, -0.15) is 0 Å². The van der Waals surface area contributed by atoms with Crippen LogP contribution < -0.4 is 4.90 Å². The summed E-state index contributed by atoms with van der Waals surface area (Å²) < 4.78 is 5.07. The van der Waals surface area contributed by atoms with E-state index in [0.717, 1.165) is 11.0 Å². The Morgan fingerprint density at radius 1 is 1.32 bits per heavy atom. The molecule has 0 saturated carbocycles. The summed E-state index contributed by atoms with van der Waals surface area (Å²) in [6.45, 7) is 3.65. The number of esters is 1. The van der Waals surface area contributed by atoms with E-state index < -0.39 is 0 Å². The standard InChI is InChI=1S/C18H24N4O3/c1-3-25-17(24)13-8-10-22(11-9-13)16(23)12-21(2)18-19-14-6-4-5-7-15(14)20-18/h4-7,13H,3,8-12H2,1-2H3,(H,19,20). The predicted molar refractivity (Wildman–Crippen MR) is 95.3 cm³/mol. The van der Waals surface area contributed by atoms with Crippen LogP contribution in [0.1, 0.15) is 19.8 Å². The Hall–Kier alpha value is -2.57. The number of piperidine rings is 1. The van der Waals surface area contributed by atoms with Crippen molar-refractivity contribution in [2.45, 2.75) is 19.8 Å². The van der Waals surface area contributed by atoms with Crippen molar-refractivity contribution >= 4 is 28.9 Å². The molecular formula is C18H24N4O3.